The molecule has 0 aliphatic rings. The summed E-state index contributed by atoms with van der Waals surface area (Å²) in [4.78, 5) is 2.31. The molecule has 0 amide bonds. The second-order valence-electron chi connectivity index (χ2n) is 5.84. The van der Waals surface area contributed by atoms with Crippen LogP contribution in [0.4, 0.5) is 0 Å². The molecule has 18 heavy (non-hydrogen) atoms. The minimum atomic E-state index is 0.415. The van der Waals surface area contributed by atoms with Crippen LogP contribution in [0.25, 0.3) is 0 Å². The van der Waals surface area contributed by atoms with Crippen molar-refractivity contribution in [3.63, 3.8) is 0 Å². The highest BCUT2D eigenvalue weighted by Gasteiger charge is 2.21. The molecule has 0 aromatic carbocycles. The van der Waals surface area contributed by atoms with Crippen molar-refractivity contribution in [3.8, 4) is 0 Å². The van der Waals surface area contributed by atoms with Gasteiger partial charge in [0.2, 0.25) is 0 Å². The lowest BCUT2D eigenvalue weighted by atomic mass is 9.91. The Morgan fingerprint density at radius 3 is 2.39 bits per heavy atom. The Labute approximate surface area is 111 Å². The average Bonchev–Trinajstić information content (AvgIpc) is 2.63. The van der Waals surface area contributed by atoms with Gasteiger partial charge in [-0.15, -0.1) is 0 Å². The van der Waals surface area contributed by atoms with Gasteiger partial charge in [-0.3, -0.25) is 4.90 Å². The topological polar surface area (TPSA) is 42.4 Å². The fraction of sp³-hybridized carbons (Fsp3) is 0.733. The van der Waals surface area contributed by atoms with E-state index in [1.54, 1.807) is 0 Å². The van der Waals surface area contributed by atoms with Crippen molar-refractivity contribution in [2.45, 2.75) is 46.7 Å². The maximum atomic E-state index is 5.94. The third kappa shape index (κ3) is 4.46. The number of nitrogens with zero attached hydrogens (tertiary/aromatic N) is 1. The number of hydrogen-bond acceptors (Lipinski definition) is 3. The average molecular weight is 252 g/mol. The van der Waals surface area contributed by atoms with E-state index < -0.39 is 0 Å². The molecule has 1 aromatic rings. The third-order valence-corrected chi connectivity index (χ3v) is 3.51. The number of likely N-dealkylation sites (N-methyl/N-ethyl adjacent to an activating group) is 1. The Morgan fingerprint density at radius 1 is 1.28 bits per heavy atom. The Kier molecular flexibility index (Phi) is 5.89. The molecule has 3 heteroatoms. The second-order valence-corrected chi connectivity index (χ2v) is 5.84. The lowest BCUT2D eigenvalue weighted by Gasteiger charge is -2.32. The van der Waals surface area contributed by atoms with Gasteiger partial charge in [0.05, 0.1) is 6.54 Å². The summed E-state index contributed by atoms with van der Waals surface area (Å²) < 4.78 is 5.63. The van der Waals surface area contributed by atoms with Crippen LogP contribution in [0.1, 0.15) is 38.7 Å². The van der Waals surface area contributed by atoms with E-state index in [0.717, 1.165) is 18.1 Å². The molecule has 0 fully saturated rings. The first kappa shape index (κ1) is 15.3. The zero-order chi connectivity index (χ0) is 13.7. The number of nitrogens with two attached hydrogens (primary N) is 1. The summed E-state index contributed by atoms with van der Waals surface area (Å²) in [6.07, 6.45) is 1.21. The minimum absolute atomic E-state index is 0.415. The van der Waals surface area contributed by atoms with Crippen molar-refractivity contribution in [1.29, 1.82) is 0 Å². The molecule has 104 valence electrons. The van der Waals surface area contributed by atoms with Crippen molar-refractivity contribution in [1.82, 2.24) is 4.90 Å². The third-order valence-electron chi connectivity index (χ3n) is 3.51. The van der Waals surface area contributed by atoms with E-state index in [9.17, 15) is 0 Å². The first-order chi connectivity index (χ1) is 8.43. The van der Waals surface area contributed by atoms with Crippen LogP contribution in [0.15, 0.2) is 16.5 Å². The predicted molar refractivity (Wildman–Crippen MR) is 76.4 cm³/mol. The van der Waals surface area contributed by atoms with E-state index in [-0.39, 0.29) is 0 Å². The number of rotatable bonds is 7. The highest BCUT2D eigenvalue weighted by Crippen LogP contribution is 2.20. The minimum Gasteiger partial charge on any atom is -0.465 e. The summed E-state index contributed by atoms with van der Waals surface area (Å²) in [5.74, 6) is 3.31. The highest BCUT2D eigenvalue weighted by atomic mass is 16.3. The molecular formula is C15H28N2O. The fourth-order valence-electron chi connectivity index (χ4n) is 2.68. The summed E-state index contributed by atoms with van der Waals surface area (Å²) in [5, 5.41) is 0. The quantitative estimate of drug-likeness (QED) is 0.811. The Bertz CT molecular complexity index is 346. The van der Waals surface area contributed by atoms with Gasteiger partial charge in [0.1, 0.15) is 11.5 Å². The van der Waals surface area contributed by atoms with Crippen LogP contribution in [-0.4, -0.2) is 24.5 Å². The summed E-state index contributed by atoms with van der Waals surface area (Å²) >= 11 is 0. The van der Waals surface area contributed by atoms with Gasteiger partial charge in [-0.25, -0.2) is 0 Å². The van der Waals surface area contributed by atoms with Crippen LogP contribution in [0.2, 0.25) is 0 Å². The van der Waals surface area contributed by atoms with Gasteiger partial charge in [-0.2, -0.15) is 0 Å². The molecule has 0 aliphatic carbocycles. The maximum absolute atomic E-state index is 5.94. The second kappa shape index (κ2) is 6.95. The van der Waals surface area contributed by atoms with Crippen LogP contribution < -0.4 is 5.73 Å². The molecule has 0 aliphatic heterocycles. The summed E-state index contributed by atoms with van der Waals surface area (Å²) in [5.41, 5.74) is 5.94. The van der Waals surface area contributed by atoms with Gasteiger partial charge >= 0.3 is 0 Å². The molecule has 1 aromatic heterocycles. The molecule has 2 atom stereocenters. The van der Waals surface area contributed by atoms with Gasteiger partial charge in [0.15, 0.2) is 0 Å². The zero-order valence-corrected chi connectivity index (χ0v) is 12.4. The van der Waals surface area contributed by atoms with E-state index in [1.165, 1.54) is 6.42 Å². The molecule has 0 radical (unpaired) electrons. The largest absolute Gasteiger partial charge is 0.465 e. The lowest BCUT2D eigenvalue weighted by molar-refractivity contribution is 0.156. The lowest BCUT2D eigenvalue weighted by Crippen LogP contribution is -2.42. The molecule has 2 N–H and O–H groups in total. The molecule has 1 rings (SSSR count). The van der Waals surface area contributed by atoms with Gasteiger partial charge in [-0.05, 0) is 44.4 Å². The molecule has 1 heterocycles. The molecule has 0 saturated heterocycles. The van der Waals surface area contributed by atoms with Gasteiger partial charge in [0, 0.05) is 12.6 Å². The number of furan rings is 1. The van der Waals surface area contributed by atoms with Crippen LogP contribution in [-0.2, 0) is 6.54 Å². The van der Waals surface area contributed by atoms with Crippen molar-refractivity contribution >= 4 is 0 Å². The predicted octanol–water partition coefficient (Wildman–Crippen LogP) is 3.03. The van der Waals surface area contributed by atoms with Gasteiger partial charge in [-0.1, -0.05) is 20.8 Å². The summed E-state index contributed by atoms with van der Waals surface area (Å²) in [6.45, 7) is 10.3. The monoisotopic (exact) mass is 252 g/mol. The first-order valence-electron chi connectivity index (χ1n) is 6.89. The van der Waals surface area contributed by atoms with E-state index in [0.29, 0.717) is 24.4 Å². The molecular weight excluding hydrogens is 224 g/mol. The first-order valence-corrected chi connectivity index (χ1v) is 6.89. The Morgan fingerprint density at radius 2 is 1.94 bits per heavy atom. The standard InChI is InChI=1S/C15H28N2O/c1-11(2)8-12(3)15(9-16)17(5)10-14-7-6-13(4)18-14/h6-7,11-12,15H,8-10,16H2,1-5H3. The molecule has 0 saturated carbocycles. The van der Waals surface area contributed by atoms with Gasteiger partial charge < -0.3 is 10.2 Å². The van der Waals surface area contributed by atoms with E-state index in [4.69, 9.17) is 10.2 Å². The fourth-order valence-corrected chi connectivity index (χ4v) is 2.68. The Balaban J connectivity index is 2.58. The number of hydrogen-bond donors (Lipinski definition) is 1. The molecule has 2 unspecified atom stereocenters. The summed E-state index contributed by atoms with van der Waals surface area (Å²) in [6, 6.07) is 4.47. The van der Waals surface area contributed by atoms with Crippen LogP contribution in [0.5, 0.6) is 0 Å². The molecule has 3 nitrogen and oxygen atoms in total. The maximum Gasteiger partial charge on any atom is 0.118 e. The Hall–Kier alpha value is -0.800. The molecule has 0 spiro atoms. The zero-order valence-electron chi connectivity index (χ0n) is 12.4. The van der Waals surface area contributed by atoms with E-state index >= 15 is 0 Å². The van der Waals surface area contributed by atoms with Crippen LogP contribution in [0.3, 0.4) is 0 Å². The van der Waals surface area contributed by atoms with Crippen molar-refractivity contribution < 1.29 is 4.42 Å². The van der Waals surface area contributed by atoms with Crippen molar-refractivity contribution in [2.75, 3.05) is 13.6 Å². The van der Waals surface area contributed by atoms with Gasteiger partial charge in [0.25, 0.3) is 0 Å². The SMILES string of the molecule is Cc1ccc(CN(C)C(CN)C(C)CC(C)C)o1. The molecule has 0 bridgehead atoms. The number of aryl methyl sites for hydroxylation is 1. The highest BCUT2D eigenvalue weighted by molar-refractivity contribution is 5.05. The summed E-state index contributed by atoms with van der Waals surface area (Å²) in [7, 11) is 2.13. The van der Waals surface area contributed by atoms with E-state index in [1.807, 2.05) is 19.1 Å². The van der Waals surface area contributed by atoms with Crippen molar-refractivity contribution in [3.05, 3.63) is 23.7 Å². The van der Waals surface area contributed by atoms with Crippen LogP contribution >= 0.6 is 0 Å². The van der Waals surface area contributed by atoms with E-state index in [2.05, 4.69) is 32.7 Å². The smallest absolute Gasteiger partial charge is 0.118 e. The normalized spacial score (nSPS) is 15.3. The van der Waals surface area contributed by atoms with Crippen LogP contribution in [0, 0.1) is 18.8 Å². The van der Waals surface area contributed by atoms with Crippen molar-refractivity contribution in [2.24, 2.45) is 17.6 Å².